The molecule has 0 heterocycles. The lowest BCUT2D eigenvalue weighted by molar-refractivity contribution is 0.239. The molecule has 62 valence electrons. The first-order chi connectivity index (χ1) is 5.36. The predicted molar refractivity (Wildman–Crippen MR) is 42.9 cm³/mol. The van der Waals surface area contributed by atoms with Crippen molar-refractivity contribution in [2.24, 2.45) is 11.8 Å². The van der Waals surface area contributed by atoms with Gasteiger partial charge in [-0.05, 0) is 31.6 Å². The summed E-state index contributed by atoms with van der Waals surface area (Å²) < 4.78 is 12.1. The molecule has 0 saturated heterocycles. The van der Waals surface area contributed by atoms with Crippen LogP contribution in [-0.2, 0) is 0 Å². The summed E-state index contributed by atoms with van der Waals surface area (Å²) in [7, 11) is 0. The molecule has 0 atom stereocenters. The lowest BCUT2D eigenvalue weighted by Crippen LogP contribution is -2.17. The van der Waals surface area contributed by atoms with Crippen molar-refractivity contribution in [2.45, 2.75) is 25.7 Å². The summed E-state index contributed by atoms with van der Waals surface area (Å²) in [6.45, 7) is 7.17. The van der Waals surface area contributed by atoms with E-state index in [1.165, 1.54) is 0 Å². The molecule has 0 spiro atoms. The van der Waals surface area contributed by atoms with Crippen molar-refractivity contribution < 1.29 is 4.39 Å². The highest BCUT2D eigenvalue weighted by Gasteiger charge is 2.22. The Hall–Kier alpha value is -0.580. The van der Waals surface area contributed by atoms with E-state index in [1.807, 2.05) is 0 Å². The van der Waals surface area contributed by atoms with Crippen molar-refractivity contribution in [3.8, 4) is 0 Å². The molecular formula is C9H14FN. The monoisotopic (exact) mass is 155 g/mol. The maximum absolute atomic E-state index is 12.1. The van der Waals surface area contributed by atoms with Crippen LogP contribution in [0.4, 0.5) is 4.39 Å². The molecule has 0 unspecified atom stereocenters. The Morgan fingerprint density at radius 2 is 1.73 bits per heavy atom. The molecule has 1 aliphatic carbocycles. The molecule has 11 heavy (non-hydrogen) atoms. The summed E-state index contributed by atoms with van der Waals surface area (Å²) in [5.74, 6) is 0.868. The molecule has 1 rings (SSSR count). The first-order valence-electron chi connectivity index (χ1n) is 4.26. The largest absolute Gasteiger partial charge is 0.317 e. The number of alkyl halides is 1. The zero-order valence-corrected chi connectivity index (χ0v) is 6.72. The molecule has 1 saturated carbocycles. The van der Waals surface area contributed by atoms with Crippen molar-refractivity contribution in [2.75, 3.05) is 13.2 Å². The lowest BCUT2D eigenvalue weighted by atomic mass is 9.83. The van der Waals surface area contributed by atoms with Crippen molar-refractivity contribution >= 4 is 0 Å². The Bertz CT molecular complexity index is 142. The van der Waals surface area contributed by atoms with Crippen molar-refractivity contribution in [3.63, 3.8) is 0 Å². The van der Waals surface area contributed by atoms with E-state index in [4.69, 9.17) is 6.57 Å². The minimum atomic E-state index is -0.162. The summed E-state index contributed by atoms with van der Waals surface area (Å²) in [5, 5.41) is 0. The summed E-state index contributed by atoms with van der Waals surface area (Å²) in [6.07, 6.45) is 4.13. The molecule has 1 nitrogen and oxygen atoms in total. The Morgan fingerprint density at radius 3 is 2.18 bits per heavy atom. The molecule has 0 N–H and O–H groups in total. The van der Waals surface area contributed by atoms with E-state index < -0.39 is 0 Å². The van der Waals surface area contributed by atoms with Crippen molar-refractivity contribution in [3.05, 3.63) is 11.4 Å². The standard InChI is InChI=1S/C9H14FN/c1-11-7-9-4-2-8(6-10)3-5-9/h8-9H,2-7H2. The first-order valence-corrected chi connectivity index (χ1v) is 4.26. The van der Waals surface area contributed by atoms with Gasteiger partial charge in [-0.15, -0.1) is 0 Å². The molecular weight excluding hydrogens is 141 g/mol. The van der Waals surface area contributed by atoms with Gasteiger partial charge in [-0.3, -0.25) is 4.39 Å². The average Bonchev–Trinajstić information content (AvgIpc) is 2.07. The molecule has 0 aromatic heterocycles. The second kappa shape index (κ2) is 4.33. The van der Waals surface area contributed by atoms with Crippen LogP contribution in [0.5, 0.6) is 0 Å². The van der Waals surface area contributed by atoms with E-state index in [1.54, 1.807) is 0 Å². The van der Waals surface area contributed by atoms with Gasteiger partial charge < -0.3 is 4.85 Å². The van der Waals surface area contributed by atoms with Crippen LogP contribution in [0.25, 0.3) is 4.85 Å². The highest BCUT2D eigenvalue weighted by atomic mass is 19.1. The van der Waals surface area contributed by atoms with Gasteiger partial charge in [-0.2, -0.15) is 0 Å². The van der Waals surface area contributed by atoms with Gasteiger partial charge in [0.1, 0.15) is 0 Å². The van der Waals surface area contributed by atoms with E-state index in [-0.39, 0.29) is 6.67 Å². The molecule has 0 bridgehead atoms. The number of nitrogens with zero attached hydrogens (tertiary/aromatic N) is 1. The van der Waals surface area contributed by atoms with Crippen molar-refractivity contribution in [1.82, 2.24) is 0 Å². The zero-order chi connectivity index (χ0) is 8.10. The first kappa shape index (κ1) is 8.52. The highest BCUT2D eigenvalue weighted by Crippen LogP contribution is 2.28. The van der Waals surface area contributed by atoms with Gasteiger partial charge in [0.25, 0.3) is 0 Å². The minimum absolute atomic E-state index is 0.162. The van der Waals surface area contributed by atoms with E-state index in [2.05, 4.69) is 4.85 Å². The van der Waals surface area contributed by atoms with E-state index in [0.717, 1.165) is 25.7 Å². The maximum atomic E-state index is 12.1. The van der Waals surface area contributed by atoms with Gasteiger partial charge in [0.05, 0.1) is 6.67 Å². The molecule has 1 aliphatic rings. The highest BCUT2D eigenvalue weighted by molar-refractivity contribution is 4.77. The van der Waals surface area contributed by atoms with Crippen LogP contribution in [0.15, 0.2) is 0 Å². The Morgan fingerprint density at radius 1 is 1.18 bits per heavy atom. The molecule has 1 fully saturated rings. The fourth-order valence-corrected chi connectivity index (χ4v) is 1.70. The quantitative estimate of drug-likeness (QED) is 0.540. The fourth-order valence-electron chi connectivity index (χ4n) is 1.70. The maximum Gasteiger partial charge on any atom is 0.217 e. The van der Waals surface area contributed by atoms with Gasteiger partial charge in [-0.25, -0.2) is 6.57 Å². The average molecular weight is 155 g/mol. The number of halogens is 1. The fraction of sp³-hybridized carbons (Fsp3) is 0.889. The predicted octanol–water partition coefficient (Wildman–Crippen LogP) is 2.68. The molecule has 0 amide bonds. The Balaban J connectivity index is 2.20. The third-order valence-corrected chi connectivity index (χ3v) is 2.53. The molecule has 0 aliphatic heterocycles. The second-order valence-corrected chi connectivity index (χ2v) is 3.38. The van der Waals surface area contributed by atoms with Crippen LogP contribution in [0.3, 0.4) is 0 Å². The number of rotatable bonds is 2. The molecule has 0 radical (unpaired) electrons. The van der Waals surface area contributed by atoms with E-state index in [9.17, 15) is 4.39 Å². The van der Waals surface area contributed by atoms with Crippen LogP contribution in [0.1, 0.15) is 25.7 Å². The van der Waals surface area contributed by atoms with Gasteiger partial charge in [0, 0.05) is 5.92 Å². The normalized spacial score (nSPS) is 31.3. The van der Waals surface area contributed by atoms with Gasteiger partial charge in [-0.1, -0.05) is 0 Å². The summed E-state index contributed by atoms with van der Waals surface area (Å²) in [4.78, 5) is 3.37. The van der Waals surface area contributed by atoms with Gasteiger partial charge in [0.2, 0.25) is 6.54 Å². The Kier molecular flexibility index (Phi) is 3.35. The third kappa shape index (κ3) is 2.49. The van der Waals surface area contributed by atoms with Crippen LogP contribution in [-0.4, -0.2) is 13.2 Å². The second-order valence-electron chi connectivity index (χ2n) is 3.38. The smallest absolute Gasteiger partial charge is 0.217 e. The SMILES string of the molecule is [C-]#[N+]CC1CCC(CF)CC1. The summed E-state index contributed by atoms with van der Waals surface area (Å²) in [6, 6.07) is 0. The van der Waals surface area contributed by atoms with Gasteiger partial charge in [0.15, 0.2) is 0 Å². The summed E-state index contributed by atoms with van der Waals surface area (Å²) >= 11 is 0. The minimum Gasteiger partial charge on any atom is -0.317 e. The topological polar surface area (TPSA) is 4.36 Å². The van der Waals surface area contributed by atoms with E-state index >= 15 is 0 Å². The number of hydrogen-bond donors (Lipinski definition) is 0. The lowest BCUT2D eigenvalue weighted by Gasteiger charge is -2.23. The number of hydrogen-bond acceptors (Lipinski definition) is 0. The molecule has 0 aromatic carbocycles. The Labute approximate surface area is 67.4 Å². The molecule has 0 aromatic rings. The zero-order valence-electron chi connectivity index (χ0n) is 6.72. The summed E-state index contributed by atoms with van der Waals surface area (Å²) in [5.41, 5.74) is 0. The van der Waals surface area contributed by atoms with Crippen molar-refractivity contribution in [1.29, 1.82) is 0 Å². The van der Waals surface area contributed by atoms with E-state index in [0.29, 0.717) is 18.4 Å². The van der Waals surface area contributed by atoms with Crippen LogP contribution in [0.2, 0.25) is 0 Å². The van der Waals surface area contributed by atoms with Crippen LogP contribution < -0.4 is 0 Å². The van der Waals surface area contributed by atoms with Gasteiger partial charge >= 0.3 is 0 Å². The molecule has 2 heteroatoms. The van der Waals surface area contributed by atoms with Crippen LogP contribution >= 0.6 is 0 Å². The third-order valence-electron chi connectivity index (χ3n) is 2.53. The van der Waals surface area contributed by atoms with Crippen LogP contribution in [0, 0.1) is 18.4 Å².